The summed E-state index contributed by atoms with van der Waals surface area (Å²) in [7, 11) is 0. The van der Waals surface area contributed by atoms with Crippen LogP contribution in [-0.2, 0) is 0 Å². The number of hydrogen-bond donors (Lipinski definition) is 1. The number of nitrogens with two attached hydrogens (primary N) is 1. The number of rotatable bonds is 4. The highest BCUT2D eigenvalue weighted by Gasteiger charge is 2.44. The number of hydrogen-bond acceptors (Lipinski definition) is 1. The third-order valence-corrected chi connectivity index (χ3v) is 3.29. The minimum absolute atomic E-state index is 0.392. The van der Waals surface area contributed by atoms with Crippen molar-refractivity contribution in [3.05, 3.63) is 0 Å². The van der Waals surface area contributed by atoms with Crippen LogP contribution in [0.2, 0.25) is 0 Å². The first kappa shape index (κ1) is 10.6. The molecule has 0 bridgehead atoms. The van der Waals surface area contributed by atoms with Gasteiger partial charge in [0.15, 0.2) is 0 Å². The topological polar surface area (TPSA) is 38.4 Å². The maximum Gasteiger partial charge on any atom is 0.0963 e. The third-order valence-electron chi connectivity index (χ3n) is 3.29. The van der Waals surface area contributed by atoms with Crippen molar-refractivity contribution in [1.29, 1.82) is 0 Å². The molecule has 1 aliphatic rings. The summed E-state index contributed by atoms with van der Waals surface area (Å²) in [6.07, 6.45) is 2.67. The van der Waals surface area contributed by atoms with Gasteiger partial charge in [0, 0.05) is 12.5 Å². The second-order valence-corrected chi connectivity index (χ2v) is 4.91. The summed E-state index contributed by atoms with van der Waals surface area (Å²) in [6.45, 7) is 9.69. The lowest BCUT2D eigenvalue weighted by Crippen LogP contribution is -2.22. The van der Waals surface area contributed by atoms with Gasteiger partial charge in [-0.3, -0.25) is 4.99 Å². The van der Waals surface area contributed by atoms with Crippen LogP contribution in [0, 0.1) is 17.3 Å². The Balaban J connectivity index is 2.46. The second kappa shape index (κ2) is 3.69. The van der Waals surface area contributed by atoms with Crippen molar-refractivity contribution in [1.82, 2.24) is 0 Å². The molecular formula is C11H22N2. The van der Waals surface area contributed by atoms with Crippen LogP contribution in [0.3, 0.4) is 0 Å². The maximum atomic E-state index is 5.80. The van der Waals surface area contributed by atoms with Crippen molar-refractivity contribution >= 4 is 5.84 Å². The fourth-order valence-corrected chi connectivity index (χ4v) is 1.51. The average molecular weight is 182 g/mol. The summed E-state index contributed by atoms with van der Waals surface area (Å²) in [4.78, 5) is 4.47. The monoisotopic (exact) mass is 182 g/mol. The molecule has 13 heavy (non-hydrogen) atoms. The standard InChI is InChI=1S/C11H22N2/c1-8(2)10(12)13-7-11(5-6-11)9(3)4/h8-9H,5-7H2,1-4H3,(H2,12,13). The number of nitrogens with zero attached hydrogens (tertiary/aromatic N) is 1. The molecule has 0 radical (unpaired) electrons. The van der Waals surface area contributed by atoms with Gasteiger partial charge in [0.1, 0.15) is 0 Å². The highest BCUT2D eigenvalue weighted by Crippen LogP contribution is 2.51. The molecule has 1 rings (SSSR count). The summed E-state index contributed by atoms with van der Waals surface area (Å²) in [6, 6.07) is 0. The molecule has 0 unspecified atom stereocenters. The summed E-state index contributed by atoms with van der Waals surface area (Å²) < 4.78 is 0. The van der Waals surface area contributed by atoms with Crippen LogP contribution in [0.4, 0.5) is 0 Å². The minimum Gasteiger partial charge on any atom is -0.387 e. The van der Waals surface area contributed by atoms with E-state index in [4.69, 9.17) is 5.73 Å². The summed E-state index contributed by atoms with van der Waals surface area (Å²) in [5.74, 6) is 1.95. The smallest absolute Gasteiger partial charge is 0.0963 e. The van der Waals surface area contributed by atoms with Crippen molar-refractivity contribution in [3.63, 3.8) is 0 Å². The van der Waals surface area contributed by atoms with Gasteiger partial charge in [-0.2, -0.15) is 0 Å². The molecule has 2 N–H and O–H groups in total. The fourth-order valence-electron chi connectivity index (χ4n) is 1.51. The first-order valence-corrected chi connectivity index (χ1v) is 5.28. The first-order valence-electron chi connectivity index (χ1n) is 5.28. The van der Waals surface area contributed by atoms with Gasteiger partial charge in [0.2, 0.25) is 0 Å². The van der Waals surface area contributed by atoms with E-state index >= 15 is 0 Å². The van der Waals surface area contributed by atoms with Crippen LogP contribution in [0.1, 0.15) is 40.5 Å². The van der Waals surface area contributed by atoms with Crippen LogP contribution in [0.5, 0.6) is 0 Å². The van der Waals surface area contributed by atoms with E-state index in [1.807, 2.05) is 0 Å². The predicted molar refractivity (Wildman–Crippen MR) is 57.8 cm³/mol. The number of aliphatic imine (C=N–C) groups is 1. The molecule has 0 heterocycles. The Kier molecular flexibility index (Phi) is 2.99. The Hall–Kier alpha value is -0.530. The molecule has 2 heteroatoms. The second-order valence-electron chi connectivity index (χ2n) is 4.91. The van der Waals surface area contributed by atoms with Crippen LogP contribution in [-0.4, -0.2) is 12.4 Å². The van der Waals surface area contributed by atoms with E-state index in [0.29, 0.717) is 11.3 Å². The zero-order valence-corrected chi connectivity index (χ0v) is 9.30. The molecule has 0 aliphatic heterocycles. The van der Waals surface area contributed by atoms with E-state index in [1.165, 1.54) is 12.8 Å². The van der Waals surface area contributed by atoms with Gasteiger partial charge in [0.05, 0.1) is 5.84 Å². The molecule has 0 atom stereocenters. The quantitative estimate of drug-likeness (QED) is 0.526. The Morgan fingerprint density at radius 3 is 2.15 bits per heavy atom. The zero-order chi connectivity index (χ0) is 10.1. The van der Waals surface area contributed by atoms with Crippen molar-refractivity contribution in [2.45, 2.75) is 40.5 Å². The van der Waals surface area contributed by atoms with Gasteiger partial charge in [-0.05, 0) is 24.2 Å². The van der Waals surface area contributed by atoms with E-state index in [-0.39, 0.29) is 0 Å². The van der Waals surface area contributed by atoms with Crippen LogP contribution >= 0.6 is 0 Å². The van der Waals surface area contributed by atoms with Gasteiger partial charge >= 0.3 is 0 Å². The Bertz CT molecular complexity index is 200. The molecule has 0 aromatic rings. The van der Waals surface area contributed by atoms with E-state index in [9.17, 15) is 0 Å². The maximum absolute atomic E-state index is 5.80. The van der Waals surface area contributed by atoms with Crippen LogP contribution in [0.15, 0.2) is 4.99 Å². The third kappa shape index (κ3) is 2.45. The Labute approximate surface area is 81.6 Å². The summed E-state index contributed by atoms with van der Waals surface area (Å²) in [5, 5.41) is 0. The predicted octanol–water partition coefficient (Wildman–Crippen LogP) is 2.44. The Morgan fingerprint density at radius 2 is 1.85 bits per heavy atom. The molecule has 1 saturated carbocycles. The SMILES string of the molecule is CC(C)C(N)=NCC1(C(C)C)CC1. The van der Waals surface area contributed by atoms with Crippen molar-refractivity contribution in [3.8, 4) is 0 Å². The molecule has 0 spiro atoms. The van der Waals surface area contributed by atoms with Crippen molar-refractivity contribution in [2.24, 2.45) is 28.0 Å². The minimum atomic E-state index is 0.392. The lowest BCUT2D eigenvalue weighted by atomic mass is 9.92. The molecule has 0 aromatic heterocycles. The van der Waals surface area contributed by atoms with Gasteiger partial charge < -0.3 is 5.73 Å². The van der Waals surface area contributed by atoms with Gasteiger partial charge in [0.25, 0.3) is 0 Å². The highest BCUT2D eigenvalue weighted by molar-refractivity contribution is 5.82. The molecule has 0 aromatic carbocycles. The van der Waals surface area contributed by atoms with Gasteiger partial charge in [-0.25, -0.2) is 0 Å². The van der Waals surface area contributed by atoms with Crippen LogP contribution < -0.4 is 5.73 Å². The van der Waals surface area contributed by atoms with Gasteiger partial charge in [-0.1, -0.05) is 27.7 Å². The van der Waals surface area contributed by atoms with E-state index in [0.717, 1.165) is 18.3 Å². The highest BCUT2D eigenvalue weighted by atomic mass is 14.9. The van der Waals surface area contributed by atoms with E-state index in [2.05, 4.69) is 32.7 Å². The molecule has 2 nitrogen and oxygen atoms in total. The van der Waals surface area contributed by atoms with Crippen LogP contribution in [0.25, 0.3) is 0 Å². The molecular weight excluding hydrogens is 160 g/mol. The summed E-state index contributed by atoms with van der Waals surface area (Å²) >= 11 is 0. The molecule has 76 valence electrons. The van der Waals surface area contributed by atoms with Crippen molar-refractivity contribution < 1.29 is 0 Å². The zero-order valence-electron chi connectivity index (χ0n) is 9.30. The van der Waals surface area contributed by atoms with Crippen molar-refractivity contribution in [2.75, 3.05) is 6.54 Å². The lowest BCUT2D eigenvalue weighted by Gasteiger charge is -2.17. The first-order chi connectivity index (χ1) is 5.98. The average Bonchev–Trinajstić information content (AvgIpc) is 2.80. The van der Waals surface area contributed by atoms with E-state index in [1.54, 1.807) is 0 Å². The molecule has 1 aliphatic carbocycles. The molecule has 1 fully saturated rings. The Morgan fingerprint density at radius 1 is 1.31 bits per heavy atom. The molecule has 0 saturated heterocycles. The molecule has 0 amide bonds. The normalized spacial score (nSPS) is 21.2. The van der Waals surface area contributed by atoms with E-state index < -0.39 is 0 Å². The van der Waals surface area contributed by atoms with Gasteiger partial charge in [-0.15, -0.1) is 0 Å². The largest absolute Gasteiger partial charge is 0.387 e. The lowest BCUT2D eigenvalue weighted by molar-refractivity contribution is 0.370. The number of amidine groups is 1. The fraction of sp³-hybridized carbons (Fsp3) is 0.909. The summed E-state index contributed by atoms with van der Waals surface area (Å²) in [5.41, 5.74) is 6.30.